The Morgan fingerprint density at radius 3 is 2.48 bits per heavy atom. The lowest BCUT2D eigenvalue weighted by Crippen LogP contribution is -2.06. The van der Waals surface area contributed by atoms with Crippen LogP contribution in [0.5, 0.6) is 0 Å². The summed E-state index contributed by atoms with van der Waals surface area (Å²) in [5.74, 6) is 1.15. The molecule has 0 amide bonds. The van der Waals surface area contributed by atoms with E-state index in [2.05, 4.69) is 22.2 Å². The smallest absolute Gasteiger partial charge is 0.340 e. The monoisotopic (exact) mass is 413 g/mol. The molecule has 29 heavy (non-hydrogen) atoms. The lowest BCUT2D eigenvalue weighted by Gasteiger charge is -2.12. The zero-order valence-electron chi connectivity index (χ0n) is 15.6. The van der Waals surface area contributed by atoms with Crippen LogP contribution >= 0.6 is 11.3 Å². The number of anilines is 2. The van der Waals surface area contributed by atoms with Crippen LogP contribution in [0.1, 0.15) is 28.8 Å². The predicted octanol–water partition coefficient (Wildman–Crippen LogP) is 6.61. The van der Waals surface area contributed by atoms with Crippen molar-refractivity contribution in [2.45, 2.75) is 25.9 Å². The lowest BCUT2D eigenvalue weighted by atomic mass is 10.1. The van der Waals surface area contributed by atoms with E-state index in [9.17, 15) is 13.2 Å². The quantitative estimate of drug-likeness (QED) is 0.400. The highest BCUT2D eigenvalue weighted by molar-refractivity contribution is 7.18. The Hall–Kier alpha value is -2.93. The number of nitrogens with one attached hydrogen (secondary N) is 1. The van der Waals surface area contributed by atoms with Crippen LogP contribution in [0.2, 0.25) is 0 Å². The number of rotatable bonds is 5. The Labute approximate surface area is 170 Å². The zero-order chi connectivity index (χ0) is 20.4. The standard InChI is InChI=1S/C22H18F3N3S/c1-2-17-13-18-20(26-16-10-6-9-15(12-16)22(23,24)25)27-19(28-21(18)29-17)11-14-7-4-3-5-8-14/h3-10,12-13H,2,11H2,1H3,(H,26,27,28). The van der Waals surface area contributed by atoms with Crippen molar-refractivity contribution in [2.24, 2.45) is 0 Å². The number of aryl methyl sites for hydroxylation is 1. The van der Waals surface area contributed by atoms with Gasteiger partial charge in [0.1, 0.15) is 16.5 Å². The van der Waals surface area contributed by atoms with E-state index < -0.39 is 11.7 Å². The van der Waals surface area contributed by atoms with Gasteiger partial charge in [-0.1, -0.05) is 43.3 Å². The van der Waals surface area contributed by atoms with Gasteiger partial charge >= 0.3 is 6.18 Å². The summed E-state index contributed by atoms with van der Waals surface area (Å²) in [6, 6.07) is 17.0. The molecular formula is C22H18F3N3S. The molecule has 0 aliphatic rings. The maximum absolute atomic E-state index is 13.1. The number of nitrogens with zero attached hydrogens (tertiary/aromatic N) is 2. The molecule has 148 valence electrons. The van der Waals surface area contributed by atoms with E-state index in [0.717, 1.165) is 39.2 Å². The largest absolute Gasteiger partial charge is 0.416 e. The van der Waals surface area contributed by atoms with Crippen molar-refractivity contribution in [1.29, 1.82) is 0 Å². The van der Waals surface area contributed by atoms with Gasteiger partial charge in [-0.15, -0.1) is 11.3 Å². The maximum atomic E-state index is 13.1. The van der Waals surface area contributed by atoms with E-state index in [1.54, 1.807) is 17.4 Å². The molecule has 0 saturated carbocycles. The Morgan fingerprint density at radius 1 is 0.966 bits per heavy atom. The van der Waals surface area contributed by atoms with E-state index >= 15 is 0 Å². The highest BCUT2D eigenvalue weighted by atomic mass is 32.1. The number of alkyl halides is 3. The van der Waals surface area contributed by atoms with Crippen molar-refractivity contribution in [3.05, 3.63) is 82.5 Å². The number of hydrogen-bond acceptors (Lipinski definition) is 4. The summed E-state index contributed by atoms with van der Waals surface area (Å²) in [7, 11) is 0. The molecule has 3 nitrogen and oxygen atoms in total. The molecule has 0 fully saturated rings. The normalized spacial score (nSPS) is 11.7. The van der Waals surface area contributed by atoms with E-state index in [-0.39, 0.29) is 0 Å². The fraction of sp³-hybridized carbons (Fsp3) is 0.182. The number of benzene rings is 2. The van der Waals surface area contributed by atoms with Crippen LogP contribution in [0, 0.1) is 0 Å². The van der Waals surface area contributed by atoms with Crippen molar-refractivity contribution in [3.8, 4) is 0 Å². The van der Waals surface area contributed by atoms with Crippen molar-refractivity contribution < 1.29 is 13.2 Å². The molecule has 0 aliphatic heterocycles. The van der Waals surface area contributed by atoms with Gasteiger partial charge in [-0.3, -0.25) is 0 Å². The number of thiophene rings is 1. The Morgan fingerprint density at radius 2 is 1.76 bits per heavy atom. The van der Waals surface area contributed by atoms with Crippen LogP contribution in [-0.4, -0.2) is 9.97 Å². The van der Waals surface area contributed by atoms with Gasteiger partial charge in [-0.25, -0.2) is 9.97 Å². The average molecular weight is 413 g/mol. The highest BCUT2D eigenvalue weighted by Gasteiger charge is 2.30. The van der Waals surface area contributed by atoms with Crippen LogP contribution in [-0.2, 0) is 19.0 Å². The number of halogens is 3. The Kier molecular flexibility index (Phi) is 5.24. The summed E-state index contributed by atoms with van der Waals surface area (Å²) in [4.78, 5) is 11.3. The minimum Gasteiger partial charge on any atom is -0.340 e. The summed E-state index contributed by atoms with van der Waals surface area (Å²) >= 11 is 1.58. The average Bonchev–Trinajstić information content (AvgIpc) is 3.12. The van der Waals surface area contributed by atoms with Gasteiger partial charge in [0.25, 0.3) is 0 Å². The van der Waals surface area contributed by atoms with Crippen LogP contribution in [0.15, 0.2) is 60.7 Å². The first-order chi connectivity index (χ1) is 13.9. The first-order valence-corrected chi connectivity index (χ1v) is 10.0. The second-order valence-corrected chi connectivity index (χ2v) is 7.75. The predicted molar refractivity (Wildman–Crippen MR) is 111 cm³/mol. The van der Waals surface area contributed by atoms with Crippen molar-refractivity contribution in [2.75, 3.05) is 5.32 Å². The third kappa shape index (κ3) is 4.40. The van der Waals surface area contributed by atoms with E-state index in [1.165, 1.54) is 6.07 Å². The second-order valence-electron chi connectivity index (χ2n) is 6.64. The van der Waals surface area contributed by atoms with Crippen molar-refractivity contribution in [1.82, 2.24) is 9.97 Å². The van der Waals surface area contributed by atoms with Crippen molar-refractivity contribution >= 4 is 33.1 Å². The number of fused-ring (bicyclic) bond motifs is 1. The van der Waals surface area contributed by atoms with Gasteiger partial charge in [0.2, 0.25) is 0 Å². The molecular weight excluding hydrogens is 395 g/mol. The SMILES string of the molecule is CCc1cc2c(Nc3cccc(C(F)(F)F)c3)nc(Cc3ccccc3)nc2s1. The molecule has 0 unspecified atom stereocenters. The molecule has 2 heterocycles. The molecule has 2 aromatic carbocycles. The minimum absolute atomic E-state index is 0.342. The molecule has 0 radical (unpaired) electrons. The van der Waals surface area contributed by atoms with Gasteiger partial charge in [0.05, 0.1) is 10.9 Å². The Balaban J connectivity index is 1.75. The van der Waals surface area contributed by atoms with Crippen LogP contribution < -0.4 is 5.32 Å². The number of aromatic nitrogens is 2. The molecule has 7 heteroatoms. The van der Waals surface area contributed by atoms with Gasteiger partial charge < -0.3 is 5.32 Å². The second kappa shape index (κ2) is 7.83. The number of hydrogen-bond donors (Lipinski definition) is 1. The third-order valence-corrected chi connectivity index (χ3v) is 5.67. The Bertz CT molecular complexity index is 1140. The topological polar surface area (TPSA) is 37.8 Å². The van der Waals surface area contributed by atoms with Crippen LogP contribution in [0.3, 0.4) is 0 Å². The van der Waals surface area contributed by atoms with Crippen molar-refractivity contribution in [3.63, 3.8) is 0 Å². The third-order valence-electron chi connectivity index (χ3n) is 4.50. The summed E-state index contributed by atoms with van der Waals surface area (Å²) in [5.41, 5.74) is 0.718. The maximum Gasteiger partial charge on any atom is 0.416 e. The molecule has 0 atom stereocenters. The summed E-state index contributed by atoms with van der Waals surface area (Å²) in [6.45, 7) is 2.06. The van der Waals surface area contributed by atoms with E-state index in [0.29, 0.717) is 23.8 Å². The fourth-order valence-electron chi connectivity index (χ4n) is 3.05. The molecule has 0 bridgehead atoms. The fourth-order valence-corrected chi connectivity index (χ4v) is 4.04. The van der Waals surface area contributed by atoms with Gasteiger partial charge in [-0.05, 0) is 36.2 Å². The molecule has 0 aliphatic carbocycles. The molecule has 4 rings (SSSR count). The van der Waals surface area contributed by atoms with E-state index in [1.807, 2.05) is 36.4 Å². The molecule has 0 saturated heterocycles. The van der Waals surface area contributed by atoms with Crippen LogP contribution in [0.25, 0.3) is 10.2 Å². The lowest BCUT2D eigenvalue weighted by molar-refractivity contribution is -0.137. The van der Waals surface area contributed by atoms with Crippen LogP contribution in [0.4, 0.5) is 24.7 Å². The summed E-state index contributed by atoms with van der Waals surface area (Å²) < 4.78 is 39.2. The first kappa shape index (κ1) is 19.4. The summed E-state index contributed by atoms with van der Waals surface area (Å²) in [5, 5.41) is 3.90. The first-order valence-electron chi connectivity index (χ1n) is 9.20. The summed E-state index contributed by atoms with van der Waals surface area (Å²) in [6.07, 6.45) is -2.99. The zero-order valence-corrected chi connectivity index (χ0v) is 16.4. The van der Waals surface area contributed by atoms with Gasteiger partial charge in [-0.2, -0.15) is 13.2 Å². The molecule has 2 aromatic heterocycles. The molecule has 1 N–H and O–H groups in total. The molecule has 0 spiro atoms. The minimum atomic E-state index is -4.39. The highest BCUT2D eigenvalue weighted by Crippen LogP contribution is 2.34. The molecule has 4 aromatic rings. The van der Waals surface area contributed by atoms with Gasteiger partial charge in [0, 0.05) is 17.0 Å². The van der Waals surface area contributed by atoms with E-state index in [4.69, 9.17) is 0 Å². The van der Waals surface area contributed by atoms with Gasteiger partial charge in [0.15, 0.2) is 0 Å².